The van der Waals surface area contributed by atoms with Crippen LogP contribution in [0.25, 0.3) is 0 Å². The van der Waals surface area contributed by atoms with Gasteiger partial charge in [-0.2, -0.15) is 0 Å². The molecule has 0 radical (unpaired) electrons. The topological polar surface area (TPSA) is 97.9 Å². The van der Waals surface area contributed by atoms with Gasteiger partial charge in [0.1, 0.15) is 30.5 Å². The fourth-order valence-corrected chi connectivity index (χ4v) is 2.90. The van der Waals surface area contributed by atoms with Gasteiger partial charge >= 0.3 is 0 Å². The van der Waals surface area contributed by atoms with Crippen LogP contribution in [0.1, 0.15) is 15.9 Å². The van der Waals surface area contributed by atoms with Crippen LogP contribution < -0.4 is 30.4 Å². The van der Waals surface area contributed by atoms with Gasteiger partial charge in [-0.15, -0.1) is 0 Å². The number of hydrogen-bond donors (Lipinski definition) is 3. The molecule has 3 aromatic carbocycles. The normalized spacial score (nSPS) is 10.0. The third-order valence-corrected chi connectivity index (χ3v) is 4.62. The highest BCUT2D eigenvalue weighted by atomic mass is 32.1. The Morgan fingerprint density at radius 1 is 0.765 bits per heavy atom. The molecule has 3 N–H and O–H groups in total. The van der Waals surface area contributed by atoms with E-state index < -0.39 is 11.8 Å². The summed E-state index contributed by atoms with van der Waals surface area (Å²) < 4.78 is 16.7. The third kappa shape index (κ3) is 8.10. The van der Waals surface area contributed by atoms with Gasteiger partial charge in [-0.3, -0.25) is 25.8 Å². The van der Waals surface area contributed by atoms with Crippen LogP contribution in [-0.2, 0) is 4.79 Å². The van der Waals surface area contributed by atoms with E-state index in [2.05, 4.69) is 16.2 Å². The number of hydrogen-bond acceptors (Lipinski definition) is 6. The Morgan fingerprint density at radius 3 is 2.18 bits per heavy atom. The van der Waals surface area contributed by atoms with E-state index in [-0.39, 0.29) is 18.3 Å². The number of hydrazine groups is 1. The molecule has 34 heavy (non-hydrogen) atoms. The SMILES string of the molecule is Cc1ccc(OCC(=O)NNC(=S)NC(=O)c2ccccc2OCCOc2ccccc2)cc1. The van der Waals surface area contributed by atoms with Crippen molar-refractivity contribution in [2.45, 2.75) is 6.92 Å². The van der Waals surface area contributed by atoms with Crippen molar-refractivity contribution in [1.82, 2.24) is 16.2 Å². The first-order valence-corrected chi connectivity index (χ1v) is 10.9. The minimum absolute atomic E-state index is 0.0732. The van der Waals surface area contributed by atoms with Gasteiger partial charge in [-0.05, 0) is 55.5 Å². The summed E-state index contributed by atoms with van der Waals surface area (Å²) in [5, 5.41) is 2.43. The minimum Gasteiger partial charge on any atom is -0.490 e. The van der Waals surface area contributed by atoms with Crippen molar-refractivity contribution in [3.63, 3.8) is 0 Å². The van der Waals surface area contributed by atoms with Gasteiger partial charge < -0.3 is 14.2 Å². The van der Waals surface area contributed by atoms with Gasteiger partial charge in [0, 0.05) is 0 Å². The van der Waals surface area contributed by atoms with Crippen molar-refractivity contribution in [2.24, 2.45) is 0 Å². The van der Waals surface area contributed by atoms with Crippen molar-refractivity contribution in [3.05, 3.63) is 90.0 Å². The lowest BCUT2D eigenvalue weighted by molar-refractivity contribution is -0.123. The standard InChI is InChI=1S/C25H25N3O5S/c1-18-11-13-20(14-12-18)33-17-23(29)27-28-25(34)26-24(30)21-9-5-6-10-22(21)32-16-15-31-19-7-3-2-4-8-19/h2-14H,15-17H2,1H3,(H,27,29)(H2,26,28,30,34). The molecule has 0 saturated carbocycles. The predicted molar refractivity (Wildman–Crippen MR) is 132 cm³/mol. The monoisotopic (exact) mass is 479 g/mol. The Hall–Kier alpha value is -4.11. The average molecular weight is 480 g/mol. The van der Waals surface area contributed by atoms with Crippen LogP contribution in [0.3, 0.4) is 0 Å². The molecule has 0 atom stereocenters. The number of ether oxygens (including phenoxy) is 3. The van der Waals surface area contributed by atoms with E-state index >= 15 is 0 Å². The number of carbonyl (C=O) groups is 2. The highest BCUT2D eigenvalue weighted by Crippen LogP contribution is 2.18. The number of amides is 2. The van der Waals surface area contributed by atoms with E-state index in [0.29, 0.717) is 23.7 Å². The number of nitrogens with one attached hydrogen (secondary N) is 3. The fourth-order valence-electron chi connectivity index (χ4n) is 2.76. The van der Waals surface area contributed by atoms with Crippen molar-refractivity contribution in [2.75, 3.05) is 19.8 Å². The van der Waals surface area contributed by atoms with Gasteiger partial charge in [0.15, 0.2) is 11.7 Å². The molecule has 0 saturated heterocycles. The van der Waals surface area contributed by atoms with E-state index in [1.807, 2.05) is 49.4 Å². The molecule has 0 heterocycles. The highest BCUT2D eigenvalue weighted by Gasteiger charge is 2.14. The molecule has 9 heteroatoms. The number of benzene rings is 3. The first kappa shape index (κ1) is 24.5. The van der Waals surface area contributed by atoms with Crippen LogP contribution in [0.4, 0.5) is 0 Å². The Kier molecular flexibility index (Phi) is 9.24. The van der Waals surface area contributed by atoms with Gasteiger partial charge in [-0.1, -0.05) is 48.0 Å². The molecule has 3 rings (SSSR count). The summed E-state index contributed by atoms with van der Waals surface area (Å²) in [6.07, 6.45) is 0. The van der Waals surface area contributed by atoms with Crippen molar-refractivity contribution in [3.8, 4) is 17.2 Å². The quantitative estimate of drug-likeness (QED) is 0.246. The van der Waals surface area contributed by atoms with Gasteiger partial charge in [-0.25, -0.2) is 0 Å². The molecule has 0 aliphatic carbocycles. The maximum absolute atomic E-state index is 12.6. The molecular formula is C25H25N3O5S. The van der Waals surface area contributed by atoms with Crippen molar-refractivity contribution in [1.29, 1.82) is 0 Å². The lowest BCUT2D eigenvalue weighted by Gasteiger charge is -2.14. The summed E-state index contributed by atoms with van der Waals surface area (Å²) in [5.74, 6) is 0.749. The van der Waals surface area contributed by atoms with Crippen LogP contribution in [0.15, 0.2) is 78.9 Å². The van der Waals surface area contributed by atoms with Crippen LogP contribution >= 0.6 is 12.2 Å². The second kappa shape index (κ2) is 12.8. The molecule has 0 spiro atoms. The smallest absolute Gasteiger partial charge is 0.276 e. The van der Waals surface area contributed by atoms with Gasteiger partial charge in [0.05, 0.1) is 5.56 Å². The molecular weight excluding hydrogens is 454 g/mol. The first-order valence-electron chi connectivity index (χ1n) is 10.5. The lowest BCUT2D eigenvalue weighted by atomic mass is 10.2. The first-order chi connectivity index (χ1) is 16.5. The molecule has 0 aromatic heterocycles. The van der Waals surface area contributed by atoms with Crippen LogP contribution in [0.5, 0.6) is 17.2 Å². The highest BCUT2D eigenvalue weighted by molar-refractivity contribution is 7.80. The van der Waals surface area contributed by atoms with E-state index in [0.717, 1.165) is 11.3 Å². The fraction of sp³-hybridized carbons (Fsp3) is 0.160. The van der Waals surface area contributed by atoms with E-state index in [1.54, 1.807) is 36.4 Å². The Labute approximate surface area is 203 Å². The van der Waals surface area contributed by atoms with Crippen molar-refractivity contribution >= 4 is 29.1 Å². The molecule has 0 aliphatic rings. The Morgan fingerprint density at radius 2 is 1.41 bits per heavy atom. The average Bonchev–Trinajstić information content (AvgIpc) is 2.86. The summed E-state index contributed by atoms with van der Waals surface area (Å²) in [5.41, 5.74) is 6.23. The summed E-state index contributed by atoms with van der Waals surface area (Å²) in [7, 11) is 0. The van der Waals surface area contributed by atoms with E-state index in [4.69, 9.17) is 26.4 Å². The Balaban J connectivity index is 1.41. The van der Waals surface area contributed by atoms with E-state index in [1.165, 1.54) is 0 Å². The summed E-state index contributed by atoms with van der Waals surface area (Å²) in [6.45, 7) is 2.31. The Bertz CT molecular complexity index is 1110. The second-order valence-electron chi connectivity index (χ2n) is 7.06. The van der Waals surface area contributed by atoms with E-state index in [9.17, 15) is 9.59 Å². The maximum Gasteiger partial charge on any atom is 0.276 e. The molecule has 0 bridgehead atoms. The number of aryl methyl sites for hydroxylation is 1. The zero-order chi connectivity index (χ0) is 24.2. The minimum atomic E-state index is -0.484. The number of thiocarbonyl (C=S) groups is 1. The number of para-hydroxylation sites is 2. The zero-order valence-electron chi connectivity index (χ0n) is 18.6. The second-order valence-corrected chi connectivity index (χ2v) is 7.47. The lowest BCUT2D eigenvalue weighted by Crippen LogP contribution is -2.49. The molecule has 176 valence electrons. The number of carbonyl (C=O) groups excluding carboxylic acids is 2. The molecule has 3 aromatic rings. The van der Waals surface area contributed by atoms with Crippen molar-refractivity contribution < 1.29 is 23.8 Å². The van der Waals surface area contributed by atoms with Crippen LogP contribution in [0, 0.1) is 6.92 Å². The molecule has 0 fully saturated rings. The molecule has 2 amide bonds. The molecule has 8 nitrogen and oxygen atoms in total. The predicted octanol–water partition coefficient (Wildman–Crippen LogP) is 3.17. The molecule has 0 aliphatic heterocycles. The number of rotatable bonds is 9. The maximum atomic E-state index is 12.6. The zero-order valence-corrected chi connectivity index (χ0v) is 19.4. The van der Waals surface area contributed by atoms with Gasteiger partial charge in [0.2, 0.25) is 0 Å². The van der Waals surface area contributed by atoms with Crippen LogP contribution in [-0.4, -0.2) is 36.7 Å². The summed E-state index contributed by atoms with van der Waals surface area (Å²) >= 11 is 5.08. The summed E-state index contributed by atoms with van der Waals surface area (Å²) in [4.78, 5) is 24.6. The van der Waals surface area contributed by atoms with Gasteiger partial charge in [0.25, 0.3) is 11.8 Å². The van der Waals surface area contributed by atoms with Crippen LogP contribution in [0.2, 0.25) is 0 Å². The third-order valence-electron chi connectivity index (χ3n) is 4.42. The summed E-state index contributed by atoms with van der Waals surface area (Å²) in [6, 6.07) is 23.4. The largest absolute Gasteiger partial charge is 0.490 e. The molecule has 0 unspecified atom stereocenters.